The van der Waals surface area contributed by atoms with Gasteiger partial charge in [0.1, 0.15) is 4.32 Å². The zero-order chi connectivity index (χ0) is 12.0. The number of ether oxygens (including phenoxy) is 1. The van der Waals surface area contributed by atoms with Crippen molar-refractivity contribution in [1.82, 2.24) is 4.90 Å². The molecule has 1 saturated heterocycles. The first kappa shape index (κ1) is 13.4. The molecule has 0 aromatic carbocycles. The highest BCUT2D eigenvalue weighted by molar-refractivity contribution is 8.23. The van der Waals surface area contributed by atoms with E-state index in [4.69, 9.17) is 12.2 Å². The molecule has 0 radical (unpaired) electrons. The maximum Gasteiger partial charge on any atom is 0.375 e. The van der Waals surface area contributed by atoms with Crippen molar-refractivity contribution in [2.45, 2.75) is 19.8 Å². The quantitative estimate of drug-likeness (QED) is 0.431. The fraction of sp³-hybridized carbons (Fsp3) is 0.700. The molecule has 1 aliphatic rings. The summed E-state index contributed by atoms with van der Waals surface area (Å²) in [6.45, 7) is 3.82. The van der Waals surface area contributed by atoms with Crippen molar-refractivity contribution in [1.29, 1.82) is 0 Å². The molecule has 0 N–H and O–H groups in total. The van der Waals surface area contributed by atoms with Crippen LogP contribution in [0.4, 0.5) is 0 Å². The van der Waals surface area contributed by atoms with Gasteiger partial charge in [-0.3, -0.25) is 4.79 Å². The number of thiocarbonyl (C=S) groups is 1. The average molecular weight is 261 g/mol. The van der Waals surface area contributed by atoms with E-state index in [2.05, 4.69) is 9.64 Å². The normalized spacial score (nSPS) is 14.9. The van der Waals surface area contributed by atoms with E-state index in [1.165, 1.54) is 11.8 Å². The van der Waals surface area contributed by atoms with Gasteiger partial charge in [0, 0.05) is 13.1 Å². The summed E-state index contributed by atoms with van der Waals surface area (Å²) in [6.07, 6.45) is 2.29. The van der Waals surface area contributed by atoms with E-state index >= 15 is 0 Å². The summed E-state index contributed by atoms with van der Waals surface area (Å²) >= 11 is 6.41. The molecule has 6 heteroatoms. The van der Waals surface area contributed by atoms with Crippen molar-refractivity contribution in [3.63, 3.8) is 0 Å². The molecule has 1 aliphatic heterocycles. The summed E-state index contributed by atoms with van der Waals surface area (Å²) in [7, 11) is 0. The lowest BCUT2D eigenvalue weighted by molar-refractivity contribution is -0.152. The topological polar surface area (TPSA) is 46.6 Å². The van der Waals surface area contributed by atoms with Gasteiger partial charge in [0.15, 0.2) is 0 Å². The lowest BCUT2D eigenvalue weighted by Gasteiger charge is -2.16. The molecule has 0 amide bonds. The molecule has 1 heterocycles. The highest BCUT2D eigenvalue weighted by Gasteiger charge is 2.19. The first-order valence-corrected chi connectivity index (χ1v) is 6.66. The fourth-order valence-electron chi connectivity index (χ4n) is 1.39. The average Bonchev–Trinajstić information content (AvgIpc) is 2.79. The van der Waals surface area contributed by atoms with Crippen LogP contribution in [0.15, 0.2) is 0 Å². The lowest BCUT2D eigenvalue weighted by Crippen LogP contribution is -2.26. The Hall–Kier alpha value is -0.620. The number of Topliss-reactive ketones (excluding diaryl/α,β-unsaturated/α-hetero) is 1. The number of hydrogen-bond acceptors (Lipinski definition) is 5. The van der Waals surface area contributed by atoms with Gasteiger partial charge in [0.2, 0.25) is 5.78 Å². The van der Waals surface area contributed by atoms with E-state index in [9.17, 15) is 9.59 Å². The molecule has 16 heavy (non-hydrogen) atoms. The van der Waals surface area contributed by atoms with Crippen molar-refractivity contribution in [2.24, 2.45) is 0 Å². The zero-order valence-corrected chi connectivity index (χ0v) is 10.9. The molecule has 0 atom stereocenters. The lowest BCUT2D eigenvalue weighted by atomic mass is 10.4. The third-order valence-corrected chi connectivity index (χ3v) is 3.72. The Labute approximate surface area is 105 Å². The molecular weight excluding hydrogens is 246 g/mol. The SMILES string of the molecule is CCOC(=O)C(=O)CSC(=S)N1CCCC1. The third-order valence-electron chi connectivity index (χ3n) is 2.19. The third kappa shape index (κ3) is 4.09. The van der Waals surface area contributed by atoms with Gasteiger partial charge in [-0.15, -0.1) is 0 Å². The molecule has 0 aliphatic carbocycles. The molecule has 1 rings (SSSR count). The van der Waals surface area contributed by atoms with Gasteiger partial charge < -0.3 is 9.64 Å². The summed E-state index contributed by atoms with van der Waals surface area (Å²) in [6, 6.07) is 0. The van der Waals surface area contributed by atoms with Gasteiger partial charge in [-0.25, -0.2) is 4.79 Å². The predicted molar refractivity (Wildman–Crippen MR) is 67.5 cm³/mol. The van der Waals surface area contributed by atoms with E-state index in [0.717, 1.165) is 25.9 Å². The fourth-order valence-corrected chi connectivity index (χ4v) is 2.49. The van der Waals surface area contributed by atoms with Crippen molar-refractivity contribution >= 4 is 40.1 Å². The van der Waals surface area contributed by atoms with E-state index in [0.29, 0.717) is 4.32 Å². The number of carbonyl (C=O) groups is 2. The number of thioether (sulfide) groups is 1. The van der Waals surface area contributed by atoms with Crippen LogP contribution in [0.5, 0.6) is 0 Å². The van der Waals surface area contributed by atoms with Crippen molar-refractivity contribution in [3.05, 3.63) is 0 Å². The number of rotatable bonds is 4. The summed E-state index contributed by atoms with van der Waals surface area (Å²) in [4.78, 5) is 24.4. The largest absolute Gasteiger partial charge is 0.460 e. The number of carbonyl (C=O) groups excluding carboxylic acids is 2. The Balaban J connectivity index is 2.25. The molecule has 0 aromatic rings. The van der Waals surface area contributed by atoms with Gasteiger partial charge in [-0.1, -0.05) is 24.0 Å². The summed E-state index contributed by atoms with van der Waals surface area (Å²) < 4.78 is 5.31. The number of nitrogens with zero attached hydrogens (tertiary/aromatic N) is 1. The number of ketones is 1. The first-order valence-electron chi connectivity index (χ1n) is 5.26. The van der Waals surface area contributed by atoms with E-state index in [1.807, 2.05) is 0 Å². The van der Waals surface area contributed by atoms with Crippen LogP contribution in [-0.2, 0) is 14.3 Å². The molecule has 1 fully saturated rings. The molecule has 4 nitrogen and oxygen atoms in total. The van der Waals surface area contributed by atoms with Crippen LogP contribution in [0.2, 0.25) is 0 Å². The minimum absolute atomic E-state index is 0.0775. The highest BCUT2D eigenvalue weighted by Crippen LogP contribution is 2.16. The number of likely N-dealkylation sites (tertiary alicyclic amines) is 1. The van der Waals surface area contributed by atoms with Crippen LogP contribution in [-0.4, -0.2) is 46.4 Å². The summed E-state index contributed by atoms with van der Waals surface area (Å²) in [5.41, 5.74) is 0. The second-order valence-electron chi connectivity index (χ2n) is 3.39. The van der Waals surface area contributed by atoms with Crippen LogP contribution in [0, 0.1) is 0 Å². The minimum Gasteiger partial charge on any atom is -0.460 e. The van der Waals surface area contributed by atoms with E-state index in [-0.39, 0.29) is 12.4 Å². The van der Waals surface area contributed by atoms with Crippen molar-refractivity contribution in [2.75, 3.05) is 25.4 Å². The Morgan fingerprint density at radius 2 is 2.00 bits per heavy atom. The molecular formula is C10H15NO3S2. The van der Waals surface area contributed by atoms with Crippen LogP contribution >= 0.6 is 24.0 Å². The first-order chi connectivity index (χ1) is 7.65. The minimum atomic E-state index is -0.765. The standard InChI is InChI=1S/C10H15NO3S2/c1-2-14-9(13)8(12)7-16-10(15)11-5-3-4-6-11/h2-7H2,1H3. The molecule has 0 bridgehead atoms. The number of hydrogen-bond donors (Lipinski definition) is 0. The predicted octanol–water partition coefficient (Wildman–Crippen LogP) is 1.23. The van der Waals surface area contributed by atoms with Gasteiger partial charge in [-0.05, 0) is 19.8 Å². The van der Waals surface area contributed by atoms with Crippen molar-refractivity contribution in [3.8, 4) is 0 Å². The van der Waals surface area contributed by atoms with Crippen LogP contribution in [0.1, 0.15) is 19.8 Å². The maximum absolute atomic E-state index is 11.3. The van der Waals surface area contributed by atoms with Crippen molar-refractivity contribution < 1.29 is 14.3 Å². The second kappa shape index (κ2) is 6.85. The molecule has 0 aromatic heterocycles. The van der Waals surface area contributed by atoms with Gasteiger partial charge in [-0.2, -0.15) is 0 Å². The smallest absolute Gasteiger partial charge is 0.375 e. The Kier molecular flexibility index (Phi) is 5.76. The monoisotopic (exact) mass is 261 g/mol. The summed E-state index contributed by atoms with van der Waals surface area (Å²) in [5, 5.41) is 0. The second-order valence-corrected chi connectivity index (χ2v) is 5.00. The molecule has 0 saturated carbocycles. The Morgan fingerprint density at radius 3 is 2.56 bits per heavy atom. The van der Waals surface area contributed by atoms with Gasteiger partial charge in [0.05, 0.1) is 12.4 Å². The van der Waals surface area contributed by atoms with E-state index < -0.39 is 11.8 Å². The van der Waals surface area contributed by atoms with Crippen LogP contribution < -0.4 is 0 Å². The van der Waals surface area contributed by atoms with Crippen LogP contribution in [0.3, 0.4) is 0 Å². The zero-order valence-electron chi connectivity index (χ0n) is 9.23. The highest BCUT2D eigenvalue weighted by atomic mass is 32.2. The Bertz CT molecular complexity index is 288. The molecule has 90 valence electrons. The molecule has 0 unspecified atom stereocenters. The van der Waals surface area contributed by atoms with Crippen LogP contribution in [0.25, 0.3) is 0 Å². The van der Waals surface area contributed by atoms with Gasteiger partial charge in [0.25, 0.3) is 0 Å². The van der Waals surface area contributed by atoms with E-state index in [1.54, 1.807) is 6.92 Å². The summed E-state index contributed by atoms with van der Waals surface area (Å²) in [5.74, 6) is -1.21. The Morgan fingerprint density at radius 1 is 1.38 bits per heavy atom. The molecule has 0 spiro atoms. The van der Waals surface area contributed by atoms with Gasteiger partial charge >= 0.3 is 5.97 Å². The maximum atomic E-state index is 11.3. The number of esters is 1.